The van der Waals surface area contributed by atoms with E-state index in [1.165, 1.54) is 11.8 Å². The average Bonchev–Trinajstić information content (AvgIpc) is 2.78. The molecule has 1 aliphatic rings. The van der Waals surface area contributed by atoms with Crippen LogP contribution < -0.4 is 4.90 Å². The molecule has 0 aliphatic carbocycles. The van der Waals surface area contributed by atoms with Crippen molar-refractivity contribution in [2.75, 3.05) is 17.2 Å². The van der Waals surface area contributed by atoms with E-state index in [1.54, 1.807) is 18.0 Å². The predicted molar refractivity (Wildman–Crippen MR) is 136 cm³/mol. The molecule has 2 N–H and O–H groups in total. The van der Waals surface area contributed by atoms with Crippen LogP contribution >= 0.6 is 23.5 Å². The number of fused-ring (bicyclic) bond motifs is 2. The number of thioether (sulfide) groups is 1. The van der Waals surface area contributed by atoms with Crippen molar-refractivity contribution in [2.24, 2.45) is 0 Å². The van der Waals surface area contributed by atoms with Gasteiger partial charge in [0.25, 0.3) is 5.24 Å². The first-order valence-electron chi connectivity index (χ1n) is 10.7. The van der Waals surface area contributed by atoms with Crippen LogP contribution in [-0.4, -0.2) is 61.7 Å². The Hall–Kier alpha value is -2.82. The molecule has 0 saturated heterocycles. The van der Waals surface area contributed by atoms with E-state index < -0.39 is 11.9 Å². The molecule has 1 amide bonds. The molecule has 0 bridgehead atoms. The number of hydrogen-bond donors (Lipinski definition) is 2. The van der Waals surface area contributed by atoms with Gasteiger partial charge in [0.05, 0.1) is 11.4 Å². The molecule has 0 radical (unpaired) electrons. The molecule has 2 aromatic rings. The van der Waals surface area contributed by atoms with E-state index in [0.29, 0.717) is 24.2 Å². The van der Waals surface area contributed by atoms with Crippen molar-refractivity contribution in [3.05, 3.63) is 54.7 Å². The highest BCUT2D eigenvalue weighted by Crippen LogP contribution is 2.47. The summed E-state index contributed by atoms with van der Waals surface area (Å²) >= 11 is 3.00. The standard InChI is InChI=1S/C20H25N3OS2.C4H4O4/c1-14(2)22(15(3)4)12-13-25-20(24)23-16-8-5-6-10-18(16)26-19-17(23)9-7-11-21-19;5-3(6)1-2-4(7)8/h5-11,14-15H,12-13H2,1-4H3;1-2H,(H,5,6)(H,7,8)/b;2-1-. The summed E-state index contributed by atoms with van der Waals surface area (Å²) in [4.78, 5) is 41.9. The van der Waals surface area contributed by atoms with Gasteiger partial charge in [-0.25, -0.2) is 14.6 Å². The summed E-state index contributed by atoms with van der Waals surface area (Å²) in [5.41, 5.74) is 1.82. The molecule has 0 atom stereocenters. The molecule has 8 nitrogen and oxygen atoms in total. The van der Waals surface area contributed by atoms with Gasteiger partial charge in [-0.1, -0.05) is 35.7 Å². The first kappa shape index (κ1) is 27.4. The van der Waals surface area contributed by atoms with E-state index in [9.17, 15) is 14.4 Å². The lowest BCUT2D eigenvalue weighted by Gasteiger charge is -2.31. The number of para-hydroxylation sites is 1. The van der Waals surface area contributed by atoms with Crippen LogP contribution in [0.1, 0.15) is 27.7 Å². The fourth-order valence-electron chi connectivity index (χ4n) is 3.35. The number of carboxylic acids is 2. The summed E-state index contributed by atoms with van der Waals surface area (Å²) in [6.07, 6.45) is 2.89. The summed E-state index contributed by atoms with van der Waals surface area (Å²) in [5.74, 6) is -1.74. The van der Waals surface area contributed by atoms with Crippen molar-refractivity contribution in [1.82, 2.24) is 9.88 Å². The maximum atomic E-state index is 13.1. The van der Waals surface area contributed by atoms with Gasteiger partial charge in [0.2, 0.25) is 0 Å². The number of carbonyl (C=O) groups excluding carboxylic acids is 1. The Morgan fingerprint density at radius 2 is 1.59 bits per heavy atom. The SMILES string of the molecule is CC(C)N(CCSC(=O)N1c2ccccc2Sc2ncccc21)C(C)C.O=C(O)/C=C\C(=O)O. The molecule has 1 aromatic heterocycles. The number of anilines is 2. The van der Waals surface area contributed by atoms with Crippen molar-refractivity contribution in [3.63, 3.8) is 0 Å². The second-order valence-corrected chi connectivity index (χ2v) is 9.86. The second kappa shape index (κ2) is 13.2. The Morgan fingerprint density at radius 3 is 2.18 bits per heavy atom. The zero-order valence-electron chi connectivity index (χ0n) is 19.5. The quantitative estimate of drug-likeness (QED) is 0.482. The smallest absolute Gasteiger partial charge is 0.328 e. The highest BCUT2D eigenvalue weighted by atomic mass is 32.2. The van der Waals surface area contributed by atoms with Gasteiger partial charge in [-0.3, -0.25) is 14.6 Å². The molecule has 0 fully saturated rings. The van der Waals surface area contributed by atoms with E-state index in [2.05, 4.69) is 37.6 Å². The van der Waals surface area contributed by atoms with Crippen LogP contribution in [0.3, 0.4) is 0 Å². The Balaban J connectivity index is 0.000000440. The largest absolute Gasteiger partial charge is 0.478 e. The third kappa shape index (κ3) is 7.89. The van der Waals surface area contributed by atoms with Crippen LogP contribution in [-0.2, 0) is 9.59 Å². The van der Waals surface area contributed by atoms with Crippen molar-refractivity contribution in [2.45, 2.75) is 49.7 Å². The highest BCUT2D eigenvalue weighted by Gasteiger charge is 2.29. The minimum absolute atomic E-state index is 0.0551. The molecule has 2 heterocycles. The van der Waals surface area contributed by atoms with Crippen LogP contribution in [0.2, 0.25) is 0 Å². The summed E-state index contributed by atoms with van der Waals surface area (Å²) in [6.45, 7) is 9.70. The maximum Gasteiger partial charge on any atom is 0.328 e. The van der Waals surface area contributed by atoms with Crippen LogP contribution in [0.4, 0.5) is 16.2 Å². The van der Waals surface area contributed by atoms with Gasteiger partial charge in [-0.15, -0.1) is 0 Å². The summed E-state index contributed by atoms with van der Waals surface area (Å²) in [5, 5.41) is 16.6. The number of benzene rings is 1. The third-order valence-corrected chi connectivity index (χ3v) is 6.65. The van der Waals surface area contributed by atoms with E-state index in [4.69, 9.17) is 10.2 Å². The van der Waals surface area contributed by atoms with Gasteiger partial charge < -0.3 is 10.2 Å². The zero-order valence-corrected chi connectivity index (χ0v) is 21.2. The molecular formula is C24H29N3O5S2. The van der Waals surface area contributed by atoms with Crippen molar-refractivity contribution in [3.8, 4) is 0 Å². The molecule has 182 valence electrons. The zero-order chi connectivity index (χ0) is 25.3. The number of carbonyl (C=O) groups is 3. The van der Waals surface area contributed by atoms with Gasteiger partial charge in [0.1, 0.15) is 5.03 Å². The molecule has 10 heteroatoms. The fraction of sp³-hybridized carbons (Fsp3) is 0.333. The number of nitrogens with zero attached hydrogens (tertiary/aromatic N) is 3. The van der Waals surface area contributed by atoms with Crippen molar-refractivity contribution < 1.29 is 24.6 Å². The van der Waals surface area contributed by atoms with Gasteiger partial charge in [-0.05, 0) is 52.0 Å². The van der Waals surface area contributed by atoms with Gasteiger partial charge in [-0.2, -0.15) is 0 Å². The topological polar surface area (TPSA) is 111 Å². The van der Waals surface area contributed by atoms with Crippen molar-refractivity contribution in [1.29, 1.82) is 0 Å². The highest BCUT2D eigenvalue weighted by molar-refractivity contribution is 8.14. The molecular weight excluding hydrogens is 474 g/mol. The number of amides is 1. The van der Waals surface area contributed by atoms with E-state index in [0.717, 1.165) is 33.6 Å². The van der Waals surface area contributed by atoms with Crippen LogP contribution in [0.15, 0.2) is 64.7 Å². The first-order chi connectivity index (χ1) is 16.1. The predicted octanol–water partition coefficient (Wildman–Crippen LogP) is 5.37. The Labute approximate surface area is 208 Å². The summed E-state index contributed by atoms with van der Waals surface area (Å²) < 4.78 is 0. The maximum absolute atomic E-state index is 13.1. The van der Waals surface area contributed by atoms with E-state index in [1.807, 2.05) is 41.3 Å². The lowest BCUT2D eigenvalue weighted by atomic mass is 10.2. The lowest BCUT2D eigenvalue weighted by molar-refractivity contribution is -0.134. The number of pyridine rings is 1. The van der Waals surface area contributed by atoms with Gasteiger partial charge in [0.15, 0.2) is 0 Å². The number of carboxylic acid groups (broad SMARTS) is 2. The van der Waals surface area contributed by atoms with Gasteiger partial charge in [0, 0.05) is 47.6 Å². The normalized spacial score (nSPS) is 12.4. The Morgan fingerprint density at radius 1 is 1.00 bits per heavy atom. The minimum Gasteiger partial charge on any atom is -0.478 e. The first-order valence-corrected chi connectivity index (χ1v) is 12.5. The van der Waals surface area contributed by atoms with Gasteiger partial charge >= 0.3 is 11.9 Å². The van der Waals surface area contributed by atoms with Crippen molar-refractivity contribution >= 4 is 52.1 Å². The van der Waals surface area contributed by atoms with E-state index in [-0.39, 0.29) is 5.24 Å². The minimum atomic E-state index is -1.26. The molecule has 0 unspecified atom stereocenters. The molecule has 34 heavy (non-hydrogen) atoms. The molecule has 3 rings (SSSR count). The molecule has 0 saturated carbocycles. The second-order valence-electron chi connectivity index (χ2n) is 7.78. The Kier molecular flexibility index (Phi) is 10.6. The number of rotatable bonds is 7. The summed E-state index contributed by atoms with van der Waals surface area (Å²) in [7, 11) is 0. The average molecular weight is 504 g/mol. The third-order valence-electron chi connectivity index (χ3n) is 4.76. The molecule has 0 spiro atoms. The van der Waals surface area contributed by atoms with Crippen LogP contribution in [0.25, 0.3) is 0 Å². The number of aliphatic carboxylic acids is 2. The fourth-order valence-corrected chi connectivity index (χ4v) is 5.15. The Bertz CT molecular complexity index is 973. The monoisotopic (exact) mass is 503 g/mol. The lowest BCUT2D eigenvalue weighted by Crippen LogP contribution is -2.39. The number of aromatic nitrogens is 1. The van der Waals surface area contributed by atoms with E-state index >= 15 is 0 Å². The van der Waals surface area contributed by atoms with Crippen LogP contribution in [0, 0.1) is 0 Å². The summed E-state index contributed by atoms with van der Waals surface area (Å²) in [6, 6.07) is 12.8. The van der Waals surface area contributed by atoms with Crippen LogP contribution in [0.5, 0.6) is 0 Å². The molecule has 1 aromatic carbocycles. The number of hydrogen-bond acceptors (Lipinski definition) is 7. The molecule has 1 aliphatic heterocycles.